The van der Waals surface area contributed by atoms with Gasteiger partial charge in [0.1, 0.15) is 0 Å². The summed E-state index contributed by atoms with van der Waals surface area (Å²) in [5, 5.41) is 3.30. The molecule has 1 heterocycles. The summed E-state index contributed by atoms with van der Waals surface area (Å²) in [7, 11) is 0. The van der Waals surface area contributed by atoms with Gasteiger partial charge in [0.05, 0.1) is 6.04 Å². The van der Waals surface area contributed by atoms with E-state index in [0.29, 0.717) is 5.06 Å². The maximum atomic E-state index is 11.9. The van der Waals surface area contributed by atoms with Crippen LogP contribution in [0.4, 0.5) is 4.79 Å². The largest absolute Gasteiger partial charge is 0.432 e. The van der Waals surface area contributed by atoms with Crippen molar-refractivity contribution in [3.63, 3.8) is 0 Å². The minimum atomic E-state index is -0.764. The number of benzene rings is 1. The molecule has 1 aliphatic carbocycles. The first-order valence-electron chi connectivity index (χ1n) is 7.07. The van der Waals surface area contributed by atoms with Gasteiger partial charge >= 0.3 is 6.09 Å². The summed E-state index contributed by atoms with van der Waals surface area (Å²) >= 11 is 0. The first-order valence-corrected chi connectivity index (χ1v) is 7.07. The van der Waals surface area contributed by atoms with Crippen LogP contribution in [0, 0.1) is 0 Å². The minimum Gasteiger partial charge on any atom is -0.313 e. The van der Waals surface area contributed by atoms with Crippen LogP contribution in [-0.4, -0.2) is 23.0 Å². The standard InChI is InChI=1S/C15H16N2O4/c18-13-8-9-14(19)17(13)21-15(20)16-12-7-3-5-10-4-1-2-6-11(10)12/h1-2,4,6,12H,3,5,7-9H2,(H,16,20)/t12-/m1/s1. The number of hydroxylamine groups is 2. The molecule has 0 unspecified atom stereocenters. The van der Waals surface area contributed by atoms with Gasteiger partial charge in [0, 0.05) is 12.8 Å². The maximum Gasteiger partial charge on any atom is 0.432 e. The molecule has 0 aromatic heterocycles. The number of nitrogens with zero attached hydrogens (tertiary/aromatic N) is 1. The molecule has 6 heteroatoms. The third kappa shape index (κ3) is 2.74. The van der Waals surface area contributed by atoms with E-state index in [-0.39, 0.29) is 18.9 Å². The Labute approximate surface area is 122 Å². The van der Waals surface area contributed by atoms with Crippen LogP contribution in [-0.2, 0) is 20.8 Å². The molecule has 2 aliphatic rings. The molecular formula is C15H16N2O4. The number of carbonyl (C=O) groups excluding carboxylic acids is 3. The highest BCUT2D eigenvalue weighted by molar-refractivity contribution is 6.01. The summed E-state index contributed by atoms with van der Waals surface area (Å²) in [4.78, 5) is 39.5. The van der Waals surface area contributed by atoms with Crippen molar-refractivity contribution in [2.75, 3.05) is 0 Å². The molecule has 1 aliphatic heterocycles. The normalized spacial score (nSPS) is 21.1. The van der Waals surface area contributed by atoms with E-state index in [4.69, 9.17) is 4.84 Å². The van der Waals surface area contributed by atoms with Crippen molar-refractivity contribution in [2.24, 2.45) is 0 Å². The van der Waals surface area contributed by atoms with Crippen LogP contribution in [0.25, 0.3) is 0 Å². The highest BCUT2D eigenvalue weighted by atomic mass is 16.7. The van der Waals surface area contributed by atoms with E-state index in [9.17, 15) is 14.4 Å². The van der Waals surface area contributed by atoms with E-state index in [2.05, 4.69) is 5.32 Å². The van der Waals surface area contributed by atoms with Crippen LogP contribution in [0.1, 0.15) is 42.9 Å². The highest BCUT2D eigenvalue weighted by Crippen LogP contribution is 2.29. The topological polar surface area (TPSA) is 75.7 Å². The Kier molecular flexibility index (Phi) is 3.60. The summed E-state index contributed by atoms with van der Waals surface area (Å²) in [5.41, 5.74) is 2.28. The Balaban J connectivity index is 1.66. The van der Waals surface area contributed by atoms with Gasteiger partial charge in [-0.15, -0.1) is 5.06 Å². The number of hydrogen-bond donors (Lipinski definition) is 1. The van der Waals surface area contributed by atoms with Crippen LogP contribution < -0.4 is 5.32 Å². The summed E-state index contributed by atoms with van der Waals surface area (Å²) in [6, 6.07) is 7.78. The minimum absolute atomic E-state index is 0.0956. The molecule has 3 rings (SSSR count). The SMILES string of the molecule is O=C(N[C@@H]1CCCc2ccccc21)ON1C(=O)CCC1=O. The summed E-state index contributed by atoms with van der Waals surface area (Å²) in [6.45, 7) is 0. The van der Waals surface area contributed by atoms with Gasteiger partial charge in [-0.3, -0.25) is 9.59 Å². The molecule has 0 spiro atoms. The van der Waals surface area contributed by atoms with Gasteiger partial charge in [0.25, 0.3) is 11.8 Å². The fourth-order valence-electron chi connectivity index (χ4n) is 2.81. The predicted molar refractivity (Wildman–Crippen MR) is 72.8 cm³/mol. The number of aryl methyl sites for hydroxylation is 1. The van der Waals surface area contributed by atoms with Crippen LogP contribution in [0.15, 0.2) is 24.3 Å². The van der Waals surface area contributed by atoms with Crippen molar-refractivity contribution >= 4 is 17.9 Å². The van der Waals surface area contributed by atoms with Gasteiger partial charge in [0.15, 0.2) is 0 Å². The van der Waals surface area contributed by atoms with Crippen molar-refractivity contribution in [1.82, 2.24) is 10.4 Å². The molecule has 110 valence electrons. The Hall–Kier alpha value is -2.37. The lowest BCUT2D eigenvalue weighted by Gasteiger charge is -2.26. The quantitative estimate of drug-likeness (QED) is 0.843. The van der Waals surface area contributed by atoms with Gasteiger partial charge < -0.3 is 10.2 Å². The summed E-state index contributed by atoms with van der Waals surface area (Å²) in [6.07, 6.45) is 2.21. The van der Waals surface area contributed by atoms with Gasteiger partial charge in [-0.25, -0.2) is 4.79 Å². The second-order valence-electron chi connectivity index (χ2n) is 5.25. The third-order valence-electron chi connectivity index (χ3n) is 3.84. The molecule has 1 aromatic rings. The third-order valence-corrected chi connectivity index (χ3v) is 3.84. The first-order chi connectivity index (χ1) is 10.1. The number of nitrogens with one attached hydrogen (secondary N) is 1. The zero-order valence-corrected chi connectivity index (χ0v) is 11.5. The zero-order valence-electron chi connectivity index (χ0n) is 11.5. The van der Waals surface area contributed by atoms with Gasteiger partial charge in [0.2, 0.25) is 0 Å². The Morgan fingerprint density at radius 2 is 1.86 bits per heavy atom. The lowest BCUT2D eigenvalue weighted by Crippen LogP contribution is -2.39. The van der Waals surface area contributed by atoms with Crippen molar-refractivity contribution in [2.45, 2.75) is 38.1 Å². The Morgan fingerprint density at radius 3 is 2.62 bits per heavy atom. The number of amides is 3. The van der Waals surface area contributed by atoms with Crippen molar-refractivity contribution in [1.29, 1.82) is 0 Å². The van der Waals surface area contributed by atoms with Crippen LogP contribution in [0.5, 0.6) is 0 Å². The summed E-state index contributed by atoms with van der Waals surface area (Å²) in [5.74, 6) is -0.946. The molecule has 1 fully saturated rings. The average Bonchev–Trinajstić information content (AvgIpc) is 2.79. The van der Waals surface area contributed by atoms with Crippen LogP contribution in [0.2, 0.25) is 0 Å². The number of carbonyl (C=O) groups is 3. The smallest absolute Gasteiger partial charge is 0.313 e. The monoisotopic (exact) mass is 288 g/mol. The maximum absolute atomic E-state index is 11.9. The van der Waals surface area contributed by atoms with E-state index >= 15 is 0 Å². The fraction of sp³-hybridized carbons (Fsp3) is 0.400. The molecule has 0 saturated carbocycles. The molecule has 1 N–H and O–H groups in total. The Morgan fingerprint density at radius 1 is 1.14 bits per heavy atom. The van der Waals surface area contributed by atoms with Crippen molar-refractivity contribution in [3.8, 4) is 0 Å². The fourth-order valence-corrected chi connectivity index (χ4v) is 2.81. The molecule has 1 atom stereocenters. The van der Waals surface area contributed by atoms with E-state index in [1.807, 2.05) is 24.3 Å². The van der Waals surface area contributed by atoms with E-state index in [1.54, 1.807) is 0 Å². The number of fused-ring (bicyclic) bond motifs is 1. The average molecular weight is 288 g/mol. The molecule has 0 radical (unpaired) electrons. The predicted octanol–water partition coefficient (Wildman–Crippen LogP) is 1.85. The second kappa shape index (κ2) is 5.55. The van der Waals surface area contributed by atoms with Gasteiger partial charge in [-0.05, 0) is 30.4 Å². The van der Waals surface area contributed by atoms with E-state index in [1.165, 1.54) is 5.56 Å². The highest BCUT2D eigenvalue weighted by Gasteiger charge is 2.33. The summed E-state index contributed by atoms with van der Waals surface area (Å²) < 4.78 is 0. The molecule has 0 bridgehead atoms. The number of hydrogen-bond acceptors (Lipinski definition) is 4. The van der Waals surface area contributed by atoms with Crippen molar-refractivity contribution in [3.05, 3.63) is 35.4 Å². The van der Waals surface area contributed by atoms with Gasteiger partial charge in [-0.1, -0.05) is 24.3 Å². The van der Waals surface area contributed by atoms with Crippen LogP contribution >= 0.6 is 0 Å². The lowest BCUT2D eigenvalue weighted by atomic mass is 9.88. The first kappa shape index (κ1) is 13.6. The molecule has 1 saturated heterocycles. The molecular weight excluding hydrogens is 272 g/mol. The van der Waals surface area contributed by atoms with E-state index in [0.717, 1.165) is 24.8 Å². The zero-order chi connectivity index (χ0) is 14.8. The van der Waals surface area contributed by atoms with E-state index < -0.39 is 17.9 Å². The van der Waals surface area contributed by atoms with Crippen molar-refractivity contribution < 1.29 is 19.2 Å². The van der Waals surface area contributed by atoms with Crippen LogP contribution in [0.3, 0.4) is 0 Å². The molecule has 1 aromatic carbocycles. The number of rotatable bonds is 2. The molecule has 21 heavy (non-hydrogen) atoms. The second-order valence-corrected chi connectivity index (χ2v) is 5.25. The van der Waals surface area contributed by atoms with Gasteiger partial charge in [-0.2, -0.15) is 0 Å². The number of imide groups is 1. The molecule has 6 nitrogen and oxygen atoms in total. The Bertz CT molecular complexity index is 583. The lowest BCUT2D eigenvalue weighted by molar-refractivity contribution is -0.171. The molecule has 3 amide bonds.